The highest BCUT2D eigenvalue weighted by atomic mass is 127. The molecule has 0 radical (unpaired) electrons. The summed E-state index contributed by atoms with van der Waals surface area (Å²) in [6.07, 6.45) is 0. The minimum absolute atomic E-state index is 0.111. The van der Waals surface area contributed by atoms with Crippen molar-refractivity contribution in [3.8, 4) is 5.75 Å². The number of carbonyl (C=O) groups is 2. The normalized spacial score (nSPS) is 9.67. The SMILES string of the molecule is CC(=O)Oc1c(I=O)cccc1C(=O)O. The number of halogens is 1. The van der Waals surface area contributed by atoms with Gasteiger partial charge in [0.1, 0.15) is 5.56 Å². The van der Waals surface area contributed by atoms with Crippen LogP contribution in [0.5, 0.6) is 5.75 Å². The topological polar surface area (TPSA) is 80.7 Å². The van der Waals surface area contributed by atoms with Gasteiger partial charge in [-0.2, -0.15) is 0 Å². The molecule has 0 atom stereocenters. The molecule has 1 N–H and O–H groups in total. The van der Waals surface area contributed by atoms with Gasteiger partial charge in [-0.3, -0.25) is 7.86 Å². The summed E-state index contributed by atoms with van der Waals surface area (Å²) in [6, 6.07) is 4.23. The van der Waals surface area contributed by atoms with Crippen LogP contribution in [0.3, 0.4) is 0 Å². The van der Waals surface area contributed by atoms with E-state index < -0.39 is 33.1 Å². The first kappa shape index (κ1) is 11.8. The summed E-state index contributed by atoms with van der Waals surface area (Å²) >= 11 is -1.58. The van der Waals surface area contributed by atoms with Crippen LogP contribution in [-0.2, 0) is 7.86 Å². The molecule has 0 aliphatic carbocycles. The molecule has 5 nitrogen and oxygen atoms in total. The number of carboxylic acids is 1. The second-order valence-electron chi connectivity index (χ2n) is 2.59. The van der Waals surface area contributed by atoms with E-state index in [9.17, 15) is 12.7 Å². The average molecular weight is 322 g/mol. The second kappa shape index (κ2) is 4.96. The number of hydrogen-bond acceptors (Lipinski definition) is 4. The third-order valence-electron chi connectivity index (χ3n) is 1.53. The van der Waals surface area contributed by atoms with Gasteiger partial charge in [0.05, 0.1) is 3.57 Å². The Hall–Kier alpha value is -1.31. The Balaban J connectivity index is 3.32. The molecule has 0 spiro atoms. The number of rotatable bonds is 3. The highest BCUT2D eigenvalue weighted by molar-refractivity contribution is 14.1. The quantitative estimate of drug-likeness (QED) is 0.521. The zero-order valence-electron chi connectivity index (χ0n) is 7.69. The lowest BCUT2D eigenvalue weighted by atomic mass is 10.2. The molecule has 0 aliphatic heterocycles. The number of aromatic carboxylic acids is 1. The van der Waals surface area contributed by atoms with Crippen LogP contribution in [0.1, 0.15) is 17.3 Å². The van der Waals surface area contributed by atoms with Gasteiger partial charge in [-0.1, -0.05) is 6.07 Å². The molecule has 15 heavy (non-hydrogen) atoms. The highest BCUT2D eigenvalue weighted by Gasteiger charge is 2.17. The fourth-order valence-electron chi connectivity index (χ4n) is 0.985. The zero-order chi connectivity index (χ0) is 11.4. The van der Waals surface area contributed by atoms with Crippen LogP contribution in [0.25, 0.3) is 0 Å². The van der Waals surface area contributed by atoms with E-state index in [2.05, 4.69) is 0 Å². The van der Waals surface area contributed by atoms with Gasteiger partial charge >= 0.3 is 11.9 Å². The van der Waals surface area contributed by atoms with Crippen LogP contribution in [0, 0.1) is 3.57 Å². The summed E-state index contributed by atoms with van der Waals surface area (Å²) in [7, 11) is 0. The van der Waals surface area contributed by atoms with E-state index in [1.165, 1.54) is 18.2 Å². The number of carboxylic acid groups (broad SMARTS) is 1. The maximum absolute atomic E-state index is 10.8. The molecule has 0 amide bonds. The average Bonchev–Trinajstić information content (AvgIpc) is 2.16. The number of hydrogen-bond donors (Lipinski definition) is 1. The van der Waals surface area contributed by atoms with Crippen LogP contribution in [-0.4, -0.2) is 17.0 Å². The smallest absolute Gasteiger partial charge is 0.339 e. The summed E-state index contributed by atoms with van der Waals surface area (Å²) in [5.41, 5.74) is -0.154. The van der Waals surface area contributed by atoms with Crippen molar-refractivity contribution in [1.29, 1.82) is 0 Å². The summed E-state index contributed by atoms with van der Waals surface area (Å²) in [4.78, 5) is 21.5. The van der Waals surface area contributed by atoms with Crippen molar-refractivity contribution in [1.82, 2.24) is 0 Å². The summed E-state index contributed by atoms with van der Waals surface area (Å²) < 4.78 is 15.8. The molecule has 6 heteroatoms. The van der Waals surface area contributed by atoms with Crippen LogP contribution >= 0.6 is 21.2 Å². The van der Waals surface area contributed by atoms with Crippen molar-refractivity contribution in [2.45, 2.75) is 6.92 Å². The largest absolute Gasteiger partial charge is 0.478 e. The fourth-order valence-corrected chi connectivity index (χ4v) is 1.94. The van der Waals surface area contributed by atoms with E-state index in [0.29, 0.717) is 0 Å². The lowest BCUT2D eigenvalue weighted by molar-refractivity contribution is -0.131. The van der Waals surface area contributed by atoms with E-state index in [-0.39, 0.29) is 14.9 Å². The van der Waals surface area contributed by atoms with Crippen molar-refractivity contribution in [2.75, 3.05) is 0 Å². The number of esters is 1. The molecule has 0 saturated carbocycles. The maximum Gasteiger partial charge on any atom is 0.339 e. The molecular formula is C9H7IO5. The van der Waals surface area contributed by atoms with Gasteiger partial charge in [0.2, 0.25) is 0 Å². The first-order valence-electron chi connectivity index (χ1n) is 3.88. The minimum Gasteiger partial charge on any atom is -0.478 e. The number of benzene rings is 1. The molecule has 0 aliphatic rings. The first-order valence-corrected chi connectivity index (χ1v) is 5.84. The van der Waals surface area contributed by atoms with E-state index >= 15 is 0 Å². The van der Waals surface area contributed by atoms with Crippen molar-refractivity contribution >= 4 is 33.1 Å². The van der Waals surface area contributed by atoms with Crippen molar-refractivity contribution < 1.29 is 22.5 Å². The van der Waals surface area contributed by atoms with E-state index in [0.717, 1.165) is 6.92 Å². The summed E-state index contributed by atoms with van der Waals surface area (Å²) in [5, 5.41) is 8.82. The Kier molecular flexibility index (Phi) is 3.89. The second-order valence-corrected chi connectivity index (χ2v) is 4.20. The molecule has 0 bridgehead atoms. The van der Waals surface area contributed by atoms with Gasteiger partial charge in [-0.15, -0.1) is 0 Å². The van der Waals surface area contributed by atoms with Gasteiger partial charge in [-0.25, -0.2) is 4.79 Å². The van der Waals surface area contributed by atoms with Crippen molar-refractivity contribution in [3.05, 3.63) is 27.3 Å². The fraction of sp³-hybridized carbons (Fsp3) is 0.111. The Morgan fingerprint density at radius 1 is 1.40 bits per heavy atom. The predicted molar refractivity (Wildman–Crippen MR) is 58.1 cm³/mol. The van der Waals surface area contributed by atoms with Crippen LogP contribution in [0.15, 0.2) is 18.2 Å². The number of ether oxygens (including phenoxy) is 1. The molecule has 0 saturated heterocycles. The van der Waals surface area contributed by atoms with Crippen LogP contribution in [0.2, 0.25) is 0 Å². The minimum atomic E-state index is -1.58. The van der Waals surface area contributed by atoms with Gasteiger partial charge in [0.25, 0.3) is 0 Å². The molecule has 0 fully saturated rings. The summed E-state index contributed by atoms with van der Waals surface area (Å²) in [5.74, 6) is -1.96. The van der Waals surface area contributed by atoms with E-state index in [1.54, 1.807) is 0 Å². The summed E-state index contributed by atoms with van der Waals surface area (Å²) in [6.45, 7) is 1.16. The van der Waals surface area contributed by atoms with Gasteiger partial charge in [-0.05, 0) is 12.1 Å². The molecule has 1 aromatic rings. The predicted octanol–water partition coefficient (Wildman–Crippen LogP) is 1.80. The molecule has 80 valence electrons. The van der Waals surface area contributed by atoms with Crippen LogP contribution < -0.4 is 4.74 Å². The van der Waals surface area contributed by atoms with Gasteiger partial charge in [0.15, 0.2) is 26.9 Å². The third-order valence-corrected chi connectivity index (χ3v) is 2.85. The number of carbonyl (C=O) groups excluding carboxylic acids is 1. The van der Waals surface area contributed by atoms with Crippen molar-refractivity contribution in [2.24, 2.45) is 0 Å². The maximum atomic E-state index is 10.8. The van der Waals surface area contributed by atoms with Gasteiger partial charge in [0, 0.05) is 6.92 Å². The Morgan fingerprint density at radius 2 is 2.07 bits per heavy atom. The standard InChI is InChI=1S/C9H7IO5/c1-5(11)15-8-6(9(12)13)3-2-4-7(8)10-14/h2-4H,1H3,(H,12,13). The number of para-hydroxylation sites is 1. The third kappa shape index (κ3) is 2.82. The molecule has 0 unspecified atom stereocenters. The molecule has 0 aromatic heterocycles. The van der Waals surface area contributed by atoms with E-state index in [1.807, 2.05) is 0 Å². The zero-order valence-corrected chi connectivity index (χ0v) is 9.85. The molecule has 0 heterocycles. The first-order chi connectivity index (χ1) is 7.06. The van der Waals surface area contributed by atoms with Crippen molar-refractivity contribution in [3.63, 3.8) is 0 Å². The van der Waals surface area contributed by atoms with E-state index in [4.69, 9.17) is 9.84 Å². The van der Waals surface area contributed by atoms with Crippen LogP contribution in [0.4, 0.5) is 0 Å². The Morgan fingerprint density at radius 3 is 2.53 bits per heavy atom. The highest BCUT2D eigenvalue weighted by Crippen LogP contribution is 2.28. The Bertz CT molecular complexity index is 427. The molecule has 1 aromatic carbocycles. The Labute approximate surface area is 95.7 Å². The lowest BCUT2D eigenvalue weighted by Crippen LogP contribution is -2.08. The lowest BCUT2D eigenvalue weighted by Gasteiger charge is -2.06. The molecule has 1 rings (SSSR count). The molecular weight excluding hydrogens is 315 g/mol. The monoisotopic (exact) mass is 322 g/mol. The van der Waals surface area contributed by atoms with Gasteiger partial charge < -0.3 is 9.84 Å².